The molecule has 0 N–H and O–H groups in total. The molecule has 0 bridgehead atoms. The zero-order valence-electron chi connectivity index (χ0n) is 6.34. The third kappa shape index (κ3) is 1.34. The van der Waals surface area contributed by atoms with Gasteiger partial charge in [-0.2, -0.15) is 5.26 Å². The Balaban J connectivity index is 2.86. The predicted octanol–water partition coefficient (Wildman–Crippen LogP) is 3.67. The van der Waals surface area contributed by atoms with Crippen molar-refractivity contribution in [2.24, 2.45) is 0 Å². The summed E-state index contributed by atoms with van der Waals surface area (Å²) in [5, 5.41) is 11.1. The van der Waals surface area contributed by atoms with Crippen molar-refractivity contribution in [1.29, 1.82) is 5.26 Å². The van der Waals surface area contributed by atoms with Gasteiger partial charge >= 0.3 is 0 Å². The summed E-state index contributed by atoms with van der Waals surface area (Å²) in [5.41, 5.74) is 0.534. The van der Waals surface area contributed by atoms with Crippen molar-refractivity contribution in [3.8, 4) is 6.07 Å². The molecule has 0 fully saturated rings. The van der Waals surface area contributed by atoms with Gasteiger partial charge in [0.2, 0.25) is 0 Å². The molecule has 64 valence electrons. The normalized spacial score (nSPS) is 10.2. The average Bonchev–Trinajstić information content (AvgIpc) is 2.48. The van der Waals surface area contributed by atoms with E-state index in [-0.39, 0.29) is 5.82 Å². The maximum absolute atomic E-state index is 13.1. The highest BCUT2D eigenvalue weighted by molar-refractivity contribution is 9.10. The third-order valence-corrected chi connectivity index (χ3v) is 3.29. The first kappa shape index (κ1) is 8.67. The fourth-order valence-electron chi connectivity index (χ4n) is 1.11. The van der Waals surface area contributed by atoms with Crippen LogP contribution in [0, 0.1) is 17.1 Å². The number of benzene rings is 1. The molecule has 0 aliphatic carbocycles. The Bertz CT molecular complexity index is 512. The van der Waals surface area contributed by atoms with E-state index >= 15 is 0 Å². The quantitative estimate of drug-likeness (QED) is 0.705. The number of hydrogen-bond acceptors (Lipinski definition) is 2. The van der Waals surface area contributed by atoms with Gasteiger partial charge in [-0.25, -0.2) is 4.39 Å². The summed E-state index contributed by atoms with van der Waals surface area (Å²) < 4.78 is 14.4. The molecule has 0 amide bonds. The second kappa shape index (κ2) is 3.09. The standard InChI is InChI=1S/C9H3BrFNS/c10-7-2-9-6(1-8(7)11)5(3-12)4-13-9/h1-2,4H. The summed E-state index contributed by atoms with van der Waals surface area (Å²) >= 11 is 4.54. The van der Waals surface area contributed by atoms with Crippen molar-refractivity contribution in [2.45, 2.75) is 0 Å². The molecule has 0 saturated carbocycles. The van der Waals surface area contributed by atoms with Gasteiger partial charge in [0, 0.05) is 15.5 Å². The minimum atomic E-state index is -0.331. The van der Waals surface area contributed by atoms with Gasteiger partial charge in [0.05, 0.1) is 10.0 Å². The predicted molar refractivity (Wildman–Crippen MR) is 54.2 cm³/mol. The van der Waals surface area contributed by atoms with Crippen LogP contribution in [0.3, 0.4) is 0 Å². The zero-order chi connectivity index (χ0) is 9.42. The van der Waals surface area contributed by atoms with Crippen LogP contribution in [0.1, 0.15) is 5.56 Å². The van der Waals surface area contributed by atoms with E-state index in [1.165, 1.54) is 17.4 Å². The van der Waals surface area contributed by atoms with Crippen LogP contribution < -0.4 is 0 Å². The van der Waals surface area contributed by atoms with Crippen LogP contribution in [0.15, 0.2) is 22.0 Å². The Hall–Kier alpha value is -0.920. The number of halogens is 2. The van der Waals surface area contributed by atoms with Crippen molar-refractivity contribution in [2.75, 3.05) is 0 Å². The minimum absolute atomic E-state index is 0.331. The van der Waals surface area contributed by atoms with Crippen LogP contribution in [-0.4, -0.2) is 0 Å². The topological polar surface area (TPSA) is 23.8 Å². The Morgan fingerprint density at radius 1 is 1.46 bits per heavy atom. The fourth-order valence-corrected chi connectivity index (χ4v) is 2.51. The Morgan fingerprint density at radius 2 is 2.23 bits per heavy atom. The third-order valence-electron chi connectivity index (χ3n) is 1.74. The van der Waals surface area contributed by atoms with Crippen molar-refractivity contribution < 1.29 is 4.39 Å². The van der Waals surface area contributed by atoms with Crippen molar-refractivity contribution in [1.82, 2.24) is 0 Å². The van der Waals surface area contributed by atoms with Crippen molar-refractivity contribution in [3.63, 3.8) is 0 Å². The van der Waals surface area contributed by atoms with Gasteiger partial charge in [0.1, 0.15) is 11.9 Å². The molecule has 0 aliphatic rings. The molecule has 0 radical (unpaired) electrons. The molecule has 4 heteroatoms. The fraction of sp³-hybridized carbons (Fsp3) is 0. The average molecular weight is 256 g/mol. The molecular formula is C9H3BrFNS. The minimum Gasteiger partial charge on any atom is -0.206 e. The van der Waals surface area contributed by atoms with E-state index in [2.05, 4.69) is 15.9 Å². The number of hydrogen-bond donors (Lipinski definition) is 0. The lowest BCUT2D eigenvalue weighted by Gasteiger charge is -1.94. The van der Waals surface area contributed by atoms with Gasteiger partial charge < -0.3 is 0 Å². The molecule has 0 aliphatic heterocycles. The molecule has 2 aromatic rings. The highest BCUT2D eigenvalue weighted by Gasteiger charge is 2.07. The summed E-state index contributed by atoms with van der Waals surface area (Å²) in [4.78, 5) is 0. The first-order valence-corrected chi connectivity index (χ1v) is 5.16. The zero-order valence-corrected chi connectivity index (χ0v) is 8.75. The Morgan fingerprint density at radius 3 is 2.92 bits per heavy atom. The number of nitriles is 1. The molecule has 1 nitrogen and oxygen atoms in total. The maximum Gasteiger partial charge on any atom is 0.138 e. The molecular weight excluding hydrogens is 253 g/mol. The van der Waals surface area contributed by atoms with E-state index in [9.17, 15) is 4.39 Å². The molecule has 0 atom stereocenters. The Labute approximate surface area is 86.5 Å². The SMILES string of the molecule is N#Cc1csc2cc(Br)c(F)cc12. The van der Waals surface area contributed by atoms with Crippen LogP contribution in [0.25, 0.3) is 10.1 Å². The second-order valence-electron chi connectivity index (χ2n) is 2.52. The van der Waals surface area contributed by atoms with Gasteiger partial charge in [0.15, 0.2) is 0 Å². The number of nitrogens with zero attached hydrogens (tertiary/aromatic N) is 1. The van der Waals surface area contributed by atoms with E-state index in [0.29, 0.717) is 15.4 Å². The van der Waals surface area contributed by atoms with E-state index in [1.807, 2.05) is 6.07 Å². The molecule has 1 aromatic heterocycles. The lowest BCUT2D eigenvalue weighted by atomic mass is 10.2. The molecule has 13 heavy (non-hydrogen) atoms. The molecule has 2 rings (SSSR count). The van der Waals surface area contributed by atoms with Gasteiger partial charge in [-0.05, 0) is 28.1 Å². The molecule has 0 spiro atoms. The van der Waals surface area contributed by atoms with Crippen molar-refractivity contribution >= 4 is 37.4 Å². The first-order valence-electron chi connectivity index (χ1n) is 3.48. The van der Waals surface area contributed by atoms with Crippen LogP contribution in [0.2, 0.25) is 0 Å². The van der Waals surface area contributed by atoms with Gasteiger partial charge in [-0.1, -0.05) is 0 Å². The molecule has 1 heterocycles. The number of thiophene rings is 1. The van der Waals surface area contributed by atoms with Crippen LogP contribution >= 0.6 is 27.3 Å². The maximum atomic E-state index is 13.1. The van der Waals surface area contributed by atoms with Gasteiger partial charge in [-0.15, -0.1) is 11.3 Å². The Kier molecular flexibility index (Phi) is 2.06. The lowest BCUT2D eigenvalue weighted by molar-refractivity contribution is 0.623. The van der Waals surface area contributed by atoms with E-state index in [4.69, 9.17) is 5.26 Å². The summed E-state index contributed by atoms with van der Waals surface area (Å²) in [6.07, 6.45) is 0. The highest BCUT2D eigenvalue weighted by Crippen LogP contribution is 2.30. The van der Waals surface area contributed by atoms with Gasteiger partial charge in [0.25, 0.3) is 0 Å². The largest absolute Gasteiger partial charge is 0.206 e. The number of rotatable bonds is 0. The van der Waals surface area contributed by atoms with E-state index in [0.717, 1.165) is 4.70 Å². The summed E-state index contributed by atoms with van der Waals surface area (Å²) in [6, 6.07) is 5.10. The van der Waals surface area contributed by atoms with Gasteiger partial charge in [-0.3, -0.25) is 0 Å². The highest BCUT2D eigenvalue weighted by atomic mass is 79.9. The van der Waals surface area contributed by atoms with Crippen LogP contribution in [0.5, 0.6) is 0 Å². The van der Waals surface area contributed by atoms with E-state index in [1.54, 1.807) is 11.4 Å². The summed E-state index contributed by atoms with van der Waals surface area (Å²) in [5.74, 6) is -0.331. The monoisotopic (exact) mass is 255 g/mol. The first-order chi connectivity index (χ1) is 6.22. The number of fused-ring (bicyclic) bond motifs is 1. The molecule has 1 aromatic carbocycles. The molecule has 0 unspecified atom stereocenters. The van der Waals surface area contributed by atoms with Crippen LogP contribution in [-0.2, 0) is 0 Å². The smallest absolute Gasteiger partial charge is 0.138 e. The van der Waals surface area contributed by atoms with Crippen molar-refractivity contribution in [3.05, 3.63) is 33.4 Å². The van der Waals surface area contributed by atoms with E-state index < -0.39 is 0 Å². The second-order valence-corrected chi connectivity index (χ2v) is 4.29. The lowest BCUT2D eigenvalue weighted by Crippen LogP contribution is -1.77. The summed E-state index contributed by atoms with van der Waals surface area (Å²) in [6.45, 7) is 0. The summed E-state index contributed by atoms with van der Waals surface area (Å²) in [7, 11) is 0. The van der Waals surface area contributed by atoms with Crippen LogP contribution in [0.4, 0.5) is 4.39 Å². The molecule has 0 saturated heterocycles.